The molecule has 4 nitrogen and oxygen atoms in total. The summed E-state index contributed by atoms with van der Waals surface area (Å²) in [7, 11) is 0. The first-order valence-corrected chi connectivity index (χ1v) is 6.59. The lowest BCUT2D eigenvalue weighted by atomic mass is 10.2. The van der Waals surface area contributed by atoms with Crippen molar-refractivity contribution in [3.8, 4) is 0 Å². The van der Waals surface area contributed by atoms with E-state index in [4.69, 9.17) is 12.2 Å². The summed E-state index contributed by atoms with van der Waals surface area (Å²) in [6.07, 6.45) is 0. The molecular formula is C15H15N3OS. The van der Waals surface area contributed by atoms with Crippen molar-refractivity contribution in [2.75, 3.05) is 12.0 Å². The second kappa shape index (κ2) is 7.25. The maximum absolute atomic E-state index is 11.8. The number of anilines is 1. The number of thiocarbonyl (C=S) groups is 1. The highest BCUT2D eigenvalue weighted by atomic mass is 32.1. The minimum absolute atomic E-state index is 0.138. The van der Waals surface area contributed by atoms with Crippen LogP contribution in [0.15, 0.2) is 60.7 Å². The van der Waals surface area contributed by atoms with Crippen LogP contribution in [0.4, 0.5) is 5.69 Å². The fourth-order valence-corrected chi connectivity index (χ4v) is 1.78. The number of carbonyl (C=O) groups is 1. The fourth-order valence-electron chi connectivity index (χ4n) is 1.59. The van der Waals surface area contributed by atoms with E-state index in [1.54, 1.807) is 12.1 Å². The van der Waals surface area contributed by atoms with Gasteiger partial charge in [-0.15, -0.1) is 0 Å². The number of benzene rings is 2. The zero-order valence-corrected chi connectivity index (χ0v) is 11.6. The Morgan fingerprint density at radius 3 is 2.15 bits per heavy atom. The van der Waals surface area contributed by atoms with Gasteiger partial charge in [-0.25, -0.2) is 0 Å². The Hall–Kier alpha value is -2.40. The van der Waals surface area contributed by atoms with Crippen molar-refractivity contribution >= 4 is 28.9 Å². The molecule has 3 N–H and O–H groups in total. The monoisotopic (exact) mass is 285 g/mol. The van der Waals surface area contributed by atoms with Crippen molar-refractivity contribution in [2.45, 2.75) is 0 Å². The smallest absolute Gasteiger partial charge is 0.252 e. The zero-order valence-electron chi connectivity index (χ0n) is 10.8. The molecule has 0 saturated heterocycles. The van der Waals surface area contributed by atoms with Crippen LogP contribution in [0.2, 0.25) is 0 Å². The van der Waals surface area contributed by atoms with Gasteiger partial charge in [0.2, 0.25) is 0 Å². The third kappa shape index (κ3) is 4.37. The van der Waals surface area contributed by atoms with Gasteiger partial charge in [0, 0.05) is 11.3 Å². The second-order valence-electron chi connectivity index (χ2n) is 4.05. The summed E-state index contributed by atoms with van der Waals surface area (Å²) < 4.78 is 0. The Bertz CT molecular complexity index is 572. The van der Waals surface area contributed by atoms with Crippen LogP contribution < -0.4 is 16.0 Å². The number of amides is 1. The average molecular weight is 285 g/mol. The Balaban J connectivity index is 1.73. The molecule has 0 radical (unpaired) electrons. The molecule has 0 saturated carbocycles. The molecular weight excluding hydrogens is 270 g/mol. The van der Waals surface area contributed by atoms with E-state index in [9.17, 15) is 4.79 Å². The maximum Gasteiger partial charge on any atom is 0.252 e. The van der Waals surface area contributed by atoms with Crippen molar-refractivity contribution in [3.63, 3.8) is 0 Å². The van der Waals surface area contributed by atoms with Crippen molar-refractivity contribution in [1.82, 2.24) is 10.6 Å². The van der Waals surface area contributed by atoms with Crippen molar-refractivity contribution in [2.24, 2.45) is 0 Å². The van der Waals surface area contributed by atoms with Gasteiger partial charge < -0.3 is 16.0 Å². The standard InChI is InChI=1S/C15H15N3OS/c19-14(12-7-3-1-4-8-12)16-11-17-15(20)18-13-9-5-2-6-10-13/h1-10H,11H2,(H,16,19)(H2,17,18,20). The molecule has 0 unspecified atom stereocenters. The lowest BCUT2D eigenvalue weighted by molar-refractivity contribution is 0.0953. The van der Waals surface area contributed by atoms with Crippen LogP contribution >= 0.6 is 12.2 Å². The summed E-state index contributed by atoms with van der Waals surface area (Å²) in [6, 6.07) is 18.6. The fraction of sp³-hybridized carbons (Fsp3) is 0.0667. The summed E-state index contributed by atoms with van der Waals surface area (Å²) in [4.78, 5) is 11.8. The number of carbonyl (C=O) groups excluding carboxylic acids is 1. The molecule has 2 aromatic carbocycles. The molecule has 0 aliphatic heterocycles. The second-order valence-corrected chi connectivity index (χ2v) is 4.45. The van der Waals surface area contributed by atoms with Gasteiger partial charge in [0.05, 0.1) is 6.67 Å². The molecule has 0 atom stereocenters. The largest absolute Gasteiger partial charge is 0.345 e. The Labute approximate surface area is 123 Å². The van der Waals surface area contributed by atoms with E-state index in [0.717, 1.165) is 5.69 Å². The molecule has 102 valence electrons. The summed E-state index contributed by atoms with van der Waals surface area (Å²) in [5.74, 6) is -0.138. The van der Waals surface area contributed by atoms with Crippen LogP contribution in [-0.2, 0) is 0 Å². The molecule has 0 aliphatic rings. The quantitative estimate of drug-likeness (QED) is 0.596. The molecule has 0 heterocycles. The van der Waals surface area contributed by atoms with E-state index >= 15 is 0 Å². The van der Waals surface area contributed by atoms with Gasteiger partial charge in [-0.3, -0.25) is 4.79 Å². The SMILES string of the molecule is O=C(NCNC(=S)Nc1ccccc1)c1ccccc1. The van der Waals surface area contributed by atoms with E-state index in [1.165, 1.54) is 0 Å². The normalized spacial score (nSPS) is 9.60. The number of nitrogens with one attached hydrogen (secondary N) is 3. The Morgan fingerprint density at radius 2 is 1.50 bits per heavy atom. The Morgan fingerprint density at radius 1 is 0.900 bits per heavy atom. The predicted molar refractivity (Wildman–Crippen MR) is 84.6 cm³/mol. The van der Waals surface area contributed by atoms with E-state index in [0.29, 0.717) is 10.7 Å². The molecule has 0 aliphatic carbocycles. The summed E-state index contributed by atoms with van der Waals surface area (Å²) >= 11 is 5.13. The first kappa shape index (κ1) is 14.0. The summed E-state index contributed by atoms with van der Waals surface area (Å²) in [6.45, 7) is 0.270. The van der Waals surface area contributed by atoms with Gasteiger partial charge in [0.1, 0.15) is 0 Å². The zero-order chi connectivity index (χ0) is 14.2. The molecule has 5 heteroatoms. The van der Waals surface area contributed by atoms with Crippen LogP contribution in [0.25, 0.3) is 0 Å². The third-order valence-corrected chi connectivity index (χ3v) is 2.81. The van der Waals surface area contributed by atoms with E-state index < -0.39 is 0 Å². The highest BCUT2D eigenvalue weighted by molar-refractivity contribution is 7.80. The first-order chi connectivity index (χ1) is 9.75. The average Bonchev–Trinajstić information content (AvgIpc) is 2.49. The minimum Gasteiger partial charge on any atom is -0.345 e. The van der Waals surface area contributed by atoms with Crippen molar-refractivity contribution in [1.29, 1.82) is 0 Å². The molecule has 2 aromatic rings. The van der Waals surface area contributed by atoms with Gasteiger partial charge in [0.25, 0.3) is 5.91 Å². The van der Waals surface area contributed by atoms with Crippen LogP contribution in [0.1, 0.15) is 10.4 Å². The summed E-state index contributed by atoms with van der Waals surface area (Å²) in [5, 5.41) is 9.15. The molecule has 2 rings (SSSR count). The molecule has 0 spiro atoms. The molecule has 20 heavy (non-hydrogen) atoms. The van der Waals surface area contributed by atoms with E-state index in [1.807, 2.05) is 48.5 Å². The maximum atomic E-state index is 11.8. The lowest BCUT2D eigenvalue weighted by Gasteiger charge is -2.11. The molecule has 1 amide bonds. The number of hydrogen-bond acceptors (Lipinski definition) is 2. The summed E-state index contributed by atoms with van der Waals surface area (Å²) in [5.41, 5.74) is 1.52. The molecule has 0 bridgehead atoms. The van der Waals surface area contributed by atoms with Gasteiger partial charge in [-0.1, -0.05) is 36.4 Å². The third-order valence-electron chi connectivity index (χ3n) is 2.57. The highest BCUT2D eigenvalue weighted by Gasteiger charge is 2.03. The van der Waals surface area contributed by atoms with Crippen molar-refractivity contribution < 1.29 is 4.79 Å². The van der Waals surface area contributed by atoms with Gasteiger partial charge >= 0.3 is 0 Å². The lowest BCUT2D eigenvalue weighted by Crippen LogP contribution is -2.39. The molecule has 0 aromatic heterocycles. The van der Waals surface area contributed by atoms with Gasteiger partial charge in [-0.2, -0.15) is 0 Å². The number of rotatable bonds is 4. The van der Waals surface area contributed by atoms with Gasteiger partial charge in [-0.05, 0) is 36.5 Å². The van der Waals surface area contributed by atoms with Crippen molar-refractivity contribution in [3.05, 3.63) is 66.2 Å². The minimum atomic E-state index is -0.138. The topological polar surface area (TPSA) is 53.2 Å². The van der Waals surface area contributed by atoms with Crippen LogP contribution in [-0.4, -0.2) is 17.7 Å². The number of para-hydroxylation sites is 1. The van der Waals surface area contributed by atoms with Crippen LogP contribution in [0, 0.1) is 0 Å². The van der Waals surface area contributed by atoms with Crippen LogP contribution in [0.5, 0.6) is 0 Å². The van der Waals surface area contributed by atoms with Gasteiger partial charge in [0.15, 0.2) is 5.11 Å². The predicted octanol–water partition coefficient (Wildman–Crippen LogP) is 2.36. The molecule has 0 fully saturated rings. The van der Waals surface area contributed by atoms with Crippen LogP contribution in [0.3, 0.4) is 0 Å². The van der Waals surface area contributed by atoms with E-state index in [-0.39, 0.29) is 12.6 Å². The van der Waals surface area contributed by atoms with E-state index in [2.05, 4.69) is 16.0 Å². The number of hydrogen-bond donors (Lipinski definition) is 3. The highest BCUT2D eigenvalue weighted by Crippen LogP contribution is 2.04. The Kier molecular flexibility index (Phi) is 5.08. The first-order valence-electron chi connectivity index (χ1n) is 6.19.